The fourth-order valence-corrected chi connectivity index (χ4v) is 3.35. The van der Waals surface area contributed by atoms with E-state index >= 15 is 0 Å². The van der Waals surface area contributed by atoms with Crippen molar-refractivity contribution >= 4 is 23.4 Å². The van der Waals surface area contributed by atoms with Crippen LogP contribution in [0.25, 0.3) is 0 Å². The number of carbonyl (C=O) groups is 2. The Morgan fingerprint density at radius 3 is 2.22 bits per heavy atom. The summed E-state index contributed by atoms with van der Waals surface area (Å²) in [5.74, 6) is 0.366. The average Bonchev–Trinajstić information content (AvgIpc) is 2.83. The van der Waals surface area contributed by atoms with Crippen molar-refractivity contribution in [3.8, 4) is 5.75 Å². The molecule has 1 heterocycles. The molecule has 1 N–H and O–H groups in total. The van der Waals surface area contributed by atoms with Crippen molar-refractivity contribution < 1.29 is 14.3 Å². The van der Waals surface area contributed by atoms with Crippen LogP contribution in [-0.4, -0.2) is 34.8 Å². The normalized spacial score (nSPS) is 11.5. The quantitative estimate of drug-likeness (QED) is 0.533. The highest BCUT2D eigenvalue weighted by Gasteiger charge is 2.26. The van der Waals surface area contributed by atoms with Gasteiger partial charge >= 0.3 is 0 Å². The molecule has 0 aliphatic heterocycles. The van der Waals surface area contributed by atoms with Gasteiger partial charge in [0.25, 0.3) is 0 Å². The maximum absolute atomic E-state index is 13.2. The largest absolute Gasteiger partial charge is 0.497 e. The summed E-state index contributed by atoms with van der Waals surface area (Å²) in [5.41, 5.74) is 2.68. The molecule has 0 saturated carbocycles. The van der Waals surface area contributed by atoms with Crippen LogP contribution >= 0.6 is 11.6 Å². The number of nitrogens with one attached hydrogen (secondary N) is 1. The number of aromatic nitrogens is 1. The summed E-state index contributed by atoms with van der Waals surface area (Å²) in [4.78, 5) is 31.7. The Morgan fingerprint density at radius 1 is 0.969 bits per heavy atom. The van der Waals surface area contributed by atoms with E-state index in [0.717, 1.165) is 22.4 Å². The Balaban J connectivity index is 1.74. The summed E-state index contributed by atoms with van der Waals surface area (Å²) in [5, 5.41) is 3.52. The predicted molar refractivity (Wildman–Crippen MR) is 124 cm³/mol. The summed E-state index contributed by atoms with van der Waals surface area (Å²) in [6, 6.07) is 17.6. The Hall–Kier alpha value is -3.38. The number of amides is 2. The number of nitrogens with zero attached hydrogens (tertiary/aromatic N) is 2. The topological polar surface area (TPSA) is 71.5 Å². The lowest BCUT2D eigenvalue weighted by Gasteiger charge is -2.29. The Bertz CT molecular complexity index is 1020. The summed E-state index contributed by atoms with van der Waals surface area (Å²) < 4.78 is 5.21. The van der Waals surface area contributed by atoms with E-state index in [9.17, 15) is 9.59 Å². The van der Waals surface area contributed by atoms with Crippen molar-refractivity contribution in [1.29, 1.82) is 0 Å². The minimum atomic E-state index is -0.654. The molecule has 7 heteroatoms. The van der Waals surface area contributed by atoms with E-state index in [0.29, 0.717) is 18.1 Å². The first-order chi connectivity index (χ1) is 15.5. The first kappa shape index (κ1) is 23.3. The van der Waals surface area contributed by atoms with Crippen molar-refractivity contribution in [3.63, 3.8) is 0 Å². The van der Waals surface area contributed by atoms with E-state index in [4.69, 9.17) is 16.3 Å². The van der Waals surface area contributed by atoms with Gasteiger partial charge in [-0.3, -0.25) is 14.6 Å². The fourth-order valence-electron chi connectivity index (χ4n) is 3.23. The second-order valence-corrected chi connectivity index (χ2v) is 7.86. The molecule has 6 nitrogen and oxygen atoms in total. The number of carbonyl (C=O) groups excluding carboxylic acids is 2. The maximum atomic E-state index is 13.2. The number of methoxy groups -OCH3 is 1. The molecule has 0 aliphatic rings. The lowest BCUT2D eigenvalue weighted by Crippen LogP contribution is -2.47. The van der Waals surface area contributed by atoms with E-state index < -0.39 is 6.04 Å². The molecule has 0 radical (unpaired) electrons. The summed E-state index contributed by atoms with van der Waals surface area (Å²) in [7, 11) is 1.60. The highest BCUT2D eigenvalue weighted by Crippen LogP contribution is 2.17. The third-order valence-electron chi connectivity index (χ3n) is 5.16. The third-order valence-corrected chi connectivity index (χ3v) is 5.42. The zero-order valence-electron chi connectivity index (χ0n) is 18.1. The van der Waals surface area contributed by atoms with Gasteiger partial charge in [0.1, 0.15) is 11.8 Å². The van der Waals surface area contributed by atoms with Crippen molar-refractivity contribution in [1.82, 2.24) is 15.2 Å². The lowest BCUT2D eigenvalue weighted by atomic mass is 10.1. The zero-order valence-corrected chi connectivity index (χ0v) is 18.9. The van der Waals surface area contributed by atoms with Gasteiger partial charge in [-0.15, -0.1) is 0 Å². The van der Waals surface area contributed by atoms with Crippen LogP contribution in [0.15, 0.2) is 73.1 Å². The smallest absolute Gasteiger partial charge is 0.242 e. The Kier molecular flexibility index (Phi) is 8.22. The molecule has 0 spiro atoms. The minimum absolute atomic E-state index is 0.144. The summed E-state index contributed by atoms with van der Waals surface area (Å²) in [6.45, 7) is 2.42. The van der Waals surface area contributed by atoms with Crippen molar-refractivity contribution in [3.05, 3.63) is 94.8 Å². The molecule has 0 fully saturated rings. The van der Waals surface area contributed by atoms with Gasteiger partial charge in [-0.25, -0.2) is 0 Å². The molecule has 1 aromatic heterocycles. The van der Waals surface area contributed by atoms with Crippen LogP contribution in [0.4, 0.5) is 0 Å². The first-order valence-electron chi connectivity index (χ1n) is 10.3. The molecule has 0 unspecified atom stereocenters. The van der Waals surface area contributed by atoms with E-state index in [-0.39, 0.29) is 18.2 Å². The molecule has 0 bridgehead atoms. The molecule has 0 saturated heterocycles. The van der Waals surface area contributed by atoms with Crippen molar-refractivity contribution in [2.75, 3.05) is 7.11 Å². The average molecular weight is 452 g/mol. The minimum Gasteiger partial charge on any atom is -0.497 e. The van der Waals surface area contributed by atoms with Crippen LogP contribution < -0.4 is 10.1 Å². The van der Waals surface area contributed by atoms with Crippen LogP contribution in [-0.2, 0) is 29.1 Å². The van der Waals surface area contributed by atoms with Gasteiger partial charge in [-0.05, 0) is 60.0 Å². The van der Waals surface area contributed by atoms with E-state index in [1.54, 1.807) is 43.5 Å². The molecule has 32 heavy (non-hydrogen) atoms. The van der Waals surface area contributed by atoms with Gasteiger partial charge < -0.3 is 15.0 Å². The molecule has 3 rings (SSSR count). The number of halogens is 1. The number of pyridine rings is 1. The molecule has 0 aliphatic carbocycles. The second kappa shape index (κ2) is 11.3. The summed E-state index contributed by atoms with van der Waals surface area (Å²) >= 11 is 5.96. The highest BCUT2D eigenvalue weighted by molar-refractivity contribution is 6.30. The first-order valence-corrected chi connectivity index (χ1v) is 10.7. The standard InChI is InChI=1S/C25H26ClN3O3/c1-18(25(31)28-16-20-11-13-27-14-12-20)29(17-21-5-9-23(32-2)10-6-21)24(30)15-19-3-7-22(26)8-4-19/h3-14,18H,15-17H2,1-2H3,(H,28,31)/t18-/m0/s1. The zero-order chi connectivity index (χ0) is 22.9. The Morgan fingerprint density at radius 2 is 1.59 bits per heavy atom. The van der Waals surface area contributed by atoms with E-state index in [1.165, 1.54) is 0 Å². The predicted octanol–water partition coefficient (Wildman–Crippen LogP) is 4.02. The van der Waals surface area contributed by atoms with Gasteiger partial charge in [0.2, 0.25) is 11.8 Å². The summed E-state index contributed by atoms with van der Waals surface area (Å²) in [6.07, 6.45) is 3.53. The second-order valence-electron chi connectivity index (χ2n) is 7.42. The highest BCUT2D eigenvalue weighted by atomic mass is 35.5. The van der Waals surface area contributed by atoms with Crippen molar-refractivity contribution in [2.24, 2.45) is 0 Å². The molecular weight excluding hydrogens is 426 g/mol. The van der Waals surface area contributed by atoms with Crippen LogP contribution in [0.2, 0.25) is 5.02 Å². The maximum Gasteiger partial charge on any atom is 0.242 e. The lowest BCUT2D eigenvalue weighted by molar-refractivity contribution is -0.140. The van der Waals surface area contributed by atoms with E-state index in [1.807, 2.05) is 48.5 Å². The number of hydrogen-bond acceptors (Lipinski definition) is 4. The number of hydrogen-bond donors (Lipinski definition) is 1. The number of rotatable bonds is 9. The molecule has 1 atom stereocenters. The number of ether oxygens (including phenoxy) is 1. The van der Waals surface area contributed by atoms with Crippen LogP contribution in [0.3, 0.4) is 0 Å². The molecule has 166 valence electrons. The van der Waals surface area contributed by atoms with Crippen molar-refractivity contribution in [2.45, 2.75) is 32.5 Å². The fraction of sp³-hybridized carbons (Fsp3) is 0.240. The monoisotopic (exact) mass is 451 g/mol. The third kappa shape index (κ3) is 6.56. The van der Waals surface area contributed by atoms with E-state index in [2.05, 4.69) is 10.3 Å². The molecular formula is C25H26ClN3O3. The molecule has 2 amide bonds. The van der Waals surface area contributed by atoms with Crippen LogP contribution in [0, 0.1) is 0 Å². The van der Waals surface area contributed by atoms with Gasteiger partial charge in [0.15, 0.2) is 0 Å². The Labute approximate surface area is 193 Å². The molecule has 3 aromatic rings. The van der Waals surface area contributed by atoms with Gasteiger partial charge in [-0.2, -0.15) is 0 Å². The number of benzene rings is 2. The van der Waals surface area contributed by atoms with Crippen LogP contribution in [0.5, 0.6) is 5.75 Å². The van der Waals surface area contributed by atoms with Gasteiger partial charge in [-0.1, -0.05) is 35.9 Å². The van der Waals surface area contributed by atoms with Gasteiger partial charge in [0, 0.05) is 30.5 Å². The van der Waals surface area contributed by atoms with Gasteiger partial charge in [0.05, 0.1) is 13.5 Å². The molecule has 2 aromatic carbocycles. The van der Waals surface area contributed by atoms with Crippen LogP contribution in [0.1, 0.15) is 23.6 Å². The SMILES string of the molecule is COc1ccc(CN(C(=O)Cc2ccc(Cl)cc2)[C@@H](C)C(=O)NCc2ccncc2)cc1.